The molecule has 30 heavy (non-hydrogen) atoms. The van der Waals surface area contributed by atoms with Crippen molar-refractivity contribution >= 4 is 41.5 Å². The average molecular weight is 518 g/mol. The van der Waals surface area contributed by atoms with Crippen molar-refractivity contribution in [1.29, 1.82) is 0 Å². The van der Waals surface area contributed by atoms with Crippen LogP contribution in [0.15, 0.2) is 59.6 Å². The summed E-state index contributed by atoms with van der Waals surface area (Å²) in [6.45, 7) is 1.56. The summed E-state index contributed by atoms with van der Waals surface area (Å²) < 4.78 is 0. The Morgan fingerprint density at radius 3 is 2.50 bits per heavy atom. The monoisotopic (exact) mass is 518 g/mol. The van der Waals surface area contributed by atoms with Crippen LogP contribution in [0.4, 0.5) is 5.69 Å². The van der Waals surface area contributed by atoms with Crippen LogP contribution in [0, 0.1) is 0 Å². The molecule has 2 aromatic rings. The number of halogens is 1. The molecule has 1 atom stereocenters. The van der Waals surface area contributed by atoms with E-state index in [0.29, 0.717) is 13.0 Å². The van der Waals surface area contributed by atoms with Crippen molar-refractivity contribution in [2.45, 2.75) is 43.4 Å². The first kappa shape index (κ1) is 22.6. The van der Waals surface area contributed by atoms with Crippen LogP contribution in [-0.4, -0.2) is 32.0 Å². The number of aliphatic imine (C=N–C) groups is 1. The molecule has 6 heteroatoms. The molecule has 1 aliphatic carbocycles. The SMILES string of the molecule is CN=C(NCC1CC(=O)Nc2ccccc21)NCC1(c2ccccc2)CCCC1.I. The van der Waals surface area contributed by atoms with E-state index in [1.807, 2.05) is 18.2 Å². The van der Waals surface area contributed by atoms with Crippen molar-refractivity contribution in [2.24, 2.45) is 4.99 Å². The van der Waals surface area contributed by atoms with Crippen LogP contribution < -0.4 is 16.0 Å². The van der Waals surface area contributed by atoms with Gasteiger partial charge in [0.1, 0.15) is 0 Å². The minimum absolute atomic E-state index is 0. The third-order valence-corrected chi connectivity index (χ3v) is 6.39. The number of hydrogen-bond acceptors (Lipinski definition) is 2. The largest absolute Gasteiger partial charge is 0.356 e. The lowest BCUT2D eigenvalue weighted by Crippen LogP contribution is -2.46. The molecule has 1 unspecified atom stereocenters. The van der Waals surface area contributed by atoms with Gasteiger partial charge in [-0.1, -0.05) is 61.4 Å². The maximum absolute atomic E-state index is 12.1. The van der Waals surface area contributed by atoms with Gasteiger partial charge in [-0.2, -0.15) is 0 Å². The van der Waals surface area contributed by atoms with Crippen LogP contribution in [-0.2, 0) is 10.2 Å². The molecule has 1 saturated carbocycles. The lowest BCUT2D eigenvalue weighted by Gasteiger charge is -2.31. The molecule has 0 bridgehead atoms. The Morgan fingerprint density at radius 2 is 1.77 bits per heavy atom. The van der Waals surface area contributed by atoms with Crippen molar-refractivity contribution in [3.63, 3.8) is 0 Å². The minimum Gasteiger partial charge on any atom is -0.356 e. The Morgan fingerprint density at radius 1 is 1.07 bits per heavy atom. The second-order valence-electron chi connectivity index (χ2n) is 8.20. The van der Waals surface area contributed by atoms with E-state index >= 15 is 0 Å². The normalized spacial score (nSPS) is 20.0. The van der Waals surface area contributed by atoms with Crippen LogP contribution in [0.1, 0.15) is 49.1 Å². The highest BCUT2D eigenvalue weighted by molar-refractivity contribution is 14.0. The van der Waals surface area contributed by atoms with Gasteiger partial charge in [0.05, 0.1) is 0 Å². The minimum atomic E-state index is 0. The molecule has 1 heterocycles. The number of carbonyl (C=O) groups excluding carboxylic acids is 1. The lowest BCUT2D eigenvalue weighted by atomic mass is 9.79. The number of anilines is 1. The first-order valence-electron chi connectivity index (χ1n) is 10.6. The van der Waals surface area contributed by atoms with Gasteiger partial charge in [0, 0.05) is 43.6 Å². The molecule has 0 spiro atoms. The quantitative estimate of drug-likeness (QED) is 0.312. The zero-order chi connectivity index (χ0) is 20.1. The Balaban J connectivity index is 0.00000256. The van der Waals surface area contributed by atoms with Crippen LogP contribution in [0.2, 0.25) is 0 Å². The molecule has 0 aromatic heterocycles. The van der Waals surface area contributed by atoms with Gasteiger partial charge in [-0.25, -0.2) is 0 Å². The first-order chi connectivity index (χ1) is 14.2. The fraction of sp³-hybridized carbons (Fsp3) is 0.417. The van der Waals surface area contributed by atoms with Gasteiger partial charge >= 0.3 is 0 Å². The van der Waals surface area contributed by atoms with Gasteiger partial charge in [-0.15, -0.1) is 24.0 Å². The summed E-state index contributed by atoms with van der Waals surface area (Å²) in [6, 6.07) is 18.9. The molecule has 3 N–H and O–H groups in total. The third kappa shape index (κ3) is 4.96. The first-order valence-corrected chi connectivity index (χ1v) is 10.6. The molecule has 1 fully saturated rings. The molecule has 0 radical (unpaired) electrons. The maximum atomic E-state index is 12.1. The maximum Gasteiger partial charge on any atom is 0.225 e. The van der Waals surface area contributed by atoms with Gasteiger partial charge in [0.25, 0.3) is 0 Å². The van der Waals surface area contributed by atoms with E-state index in [2.05, 4.69) is 57.3 Å². The highest BCUT2D eigenvalue weighted by atomic mass is 127. The summed E-state index contributed by atoms with van der Waals surface area (Å²) in [6.07, 6.45) is 5.45. The van der Waals surface area contributed by atoms with E-state index in [0.717, 1.165) is 18.2 Å². The number of para-hydroxylation sites is 1. The molecule has 1 amide bonds. The van der Waals surface area contributed by atoms with E-state index in [1.54, 1.807) is 7.05 Å². The van der Waals surface area contributed by atoms with Gasteiger partial charge < -0.3 is 16.0 Å². The van der Waals surface area contributed by atoms with Crippen molar-refractivity contribution in [3.8, 4) is 0 Å². The fourth-order valence-electron chi connectivity index (χ4n) is 4.79. The number of hydrogen-bond donors (Lipinski definition) is 3. The van der Waals surface area contributed by atoms with Crippen LogP contribution in [0.5, 0.6) is 0 Å². The van der Waals surface area contributed by atoms with E-state index < -0.39 is 0 Å². The molecule has 4 rings (SSSR count). The van der Waals surface area contributed by atoms with E-state index in [1.165, 1.54) is 36.8 Å². The van der Waals surface area contributed by atoms with Gasteiger partial charge in [0.15, 0.2) is 5.96 Å². The smallest absolute Gasteiger partial charge is 0.225 e. The topological polar surface area (TPSA) is 65.5 Å². The summed E-state index contributed by atoms with van der Waals surface area (Å²) in [5.41, 5.74) is 3.70. The van der Waals surface area contributed by atoms with E-state index in [4.69, 9.17) is 0 Å². The highest BCUT2D eigenvalue weighted by Gasteiger charge is 2.35. The molecule has 1 aliphatic heterocycles. The van der Waals surface area contributed by atoms with Crippen molar-refractivity contribution < 1.29 is 4.79 Å². The Hall–Kier alpha value is -2.09. The van der Waals surface area contributed by atoms with E-state index in [-0.39, 0.29) is 41.2 Å². The number of guanidine groups is 1. The fourth-order valence-corrected chi connectivity index (χ4v) is 4.79. The number of fused-ring (bicyclic) bond motifs is 1. The van der Waals surface area contributed by atoms with Crippen LogP contribution in [0.3, 0.4) is 0 Å². The summed E-state index contributed by atoms with van der Waals surface area (Å²) in [7, 11) is 1.81. The van der Waals surface area contributed by atoms with Crippen molar-refractivity contribution in [1.82, 2.24) is 10.6 Å². The third-order valence-electron chi connectivity index (χ3n) is 6.39. The van der Waals surface area contributed by atoms with Crippen LogP contribution in [0.25, 0.3) is 0 Å². The molecule has 2 aliphatic rings. The summed E-state index contributed by atoms with van der Waals surface area (Å²) in [5.74, 6) is 1.02. The van der Waals surface area contributed by atoms with Gasteiger partial charge in [0.2, 0.25) is 5.91 Å². The standard InChI is InChI=1S/C24H30N4O.HI/c1-25-23(26-16-18-15-22(29)28-21-12-6-5-11-20(18)21)27-17-24(13-7-8-14-24)19-9-3-2-4-10-19;/h2-6,9-12,18H,7-8,13-17H2,1H3,(H,28,29)(H2,25,26,27);1H. The molecule has 160 valence electrons. The zero-order valence-electron chi connectivity index (χ0n) is 17.5. The molecule has 5 nitrogen and oxygen atoms in total. The lowest BCUT2D eigenvalue weighted by molar-refractivity contribution is -0.116. The number of carbonyl (C=O) groups is 1. The van der Waals surface area contributed by atoms with E-state index in [9.17, 15) is 4.79 Å². The molecule has 0 saturated heterocycles. The van der Waals surface area contributed by atoms with Crippen molar-refractivity contribution in [3.05, 3.63) is 65.7 Å². The number of nitrogens with zero attached hydrogens (tertiary/aromatic N) is 1. The summed E-state index contributed by atoms with van der Waals surface area (Å²) in [4.78, 5) is 16.5. The molecular weight excluding hydrogens is 487 g/mol. The number of amides is 1. The number of benzene rings is 2. The zero-order valence-corrected chi connectivity index (χ0v) is 19.8. The Labute approximate surface area is 196 Å². The Kier molecular flexibility index (Phi) is 7.75. The second kappa shape index (κ2) is 10.3. The molecule has 2 aromatic carbocycles. The van der Waals surface area contributed by atoms with Gasteiger partial charge in [-0.05, 0) is 30.0 Å². The Bertz CT molecular complexity index is 878. The number of rotatable bonds is 5. The predicted molar refractivity (Wildman–Crippen MR) is 134 cm³/mol. The summed E-state index contributed by atoms with van der Waals surface area (Å²) in [5, 5.41) is 9.98. The van der Waals surface area contributed by atoms with Crippen molar-refractivity contribution in [2.75, 3.05) is 25.5 Å². The molecular formula is C24H31IN4O. The number of nitrogens with one attached hydrogen (secondary N) is 3. The van der Waals surface area contributed by atoms with Gasteiger partial charge in [-0.3, -0.25) is 9.79 Å². The van der Waals surface area contributed by atoms with Crippen LogP contribution >= 0.6 is 24.0 Å². The average Bonchev–Trinajstić information content (AvgIpc) is 3.24. The second-order valence-corrected chi connectivity index (χ2v) is 8.20. The summed E-state index contributed by atoms with van der Waals surface area (Å²) >= 11 is 0. The highest BCUT2D eigenvalue weighted by Crippen LogP contribution is 2.40. The predicted octanol–water partition coefficient (Wildman–Crippen LogP) is 4.41.